The number of fused-ring (bicyclic) bond motifs is 1. The van der Waals surface area contributed by atoms with Crippen LogP contribution in [0, 0.1) is 5.92 Å². The van der Waals surface area contributed by atoms with Gasteiger partial charge in [0.15, 0.2) is 11.5 Å². The molecule has 178 valence electrons. The molecule has 7 nitrogen and oxygen atoms in total. The summed E-state index contributed by atoms with van der Waals surface area (Å²) in [5, 5.41) is 1.75. The molecule has 2 aromatic rings. The van der Waals surface area contributed by atoms with Crippen molar-refractivity contribution in [3.05, 3.63) is 34.5 Å². The normalized spacial score (nSPS) is 20.0. The van der Waals surface area contributed by atoms with Gasteiger partial charge in [-0.15, -0.1) is 11.3 Å². The first kappa shape index (κ1) is 23.6. The van der Waals surface area contributed by atoms with E-state index in [1.54, 1.807) is 22.4 Å². The Morgan fingerprint density at radius 2 is 2.12 bits per heavy atom. The molecule has 2 atom stereocenters. The molecule has 0 radical (unpaired) electrons. The van der Waals surface area contributed by atoms with E-state index >= 15 is 0 Å². The number of nitrogens with zero attached hydrogens (tertiary/aromatic N) is 4. The van der Waals surface area contributed by atoms with Gasteiger partial charge in [0, 0.05) is 44.1 Å². The van der Waals surface area contributed by atoms with Gasteiger partial charge in [-0.2, -0.15) is 13.2 Å². The number of amides is 2. The van der Waals surface area contributed by atoms with Crippen LogP contribution < -0.4 is 5.73 Å². The van der Waals surface area contributed by atoms with Gasteiger partial charge in [-0.05, 0) is 30.2 Å². The average Bonchev–Trinajstić information content (AvgIpc) is 3.29. The monoisotopic (exact) mass is 481 g/mol. The second kappa shape index (κ2) is 9.38. The highest BCUT2D eigenvalue weighted by atomic mass is 32.1. The molecule has 2 amide bonds. The Kier molecular flexibility index (Phi) is 6.71. The van der Waals surface area contributed by atoms with Gasteiger partial charge in [-0.1, -0.05) is 13.0 Å². The minimum Gasteiger partial charge on any atom is -0.341 e. The Morgan fingerprint density at radius 3 is 2.82 bits per heavy atom. The zero-order valence-electron chi connectivity index (χ0n) is 18.3. The predicted octanol–water partition coefficient (Wildman–Crippen LogP) is 3.08. The van der Waals surface area contributed by atoms with E-state index in [2.05, 4.69) is 16.9 Å². The van der Waals surface area contributed by atoms with Crippen LogP contribution in [0.3, 0.4) is 0 Å². The van der Waals surface area contributed by atoms with Gasteiger partial charge in [-0.25, -0.2) is 9.97 Å². The summed E-state index contributed by atoms with van der Waals surface area (Å²) in [7, 11) is 0. The molecule has 33 heavy (non-hydrogen) atoms. The molecule has 0 spiro atoms. The van der Waals surface area contributed by atoms with E-state index in [0.29, 0.717) is 30.3 Å². The Morgan fingerprint density at radius 1 is 1.33 bits per heavy atom. The van der Waals surface area contributed by atoms with Gasteiger partial charge >= 0.3 is 6.18 Å². The number of carbonyl (C=O) groups excluding carboxylic acids is 2. The van der Waals surface area contributed by atoms with Gasteiger partial charge in [0.1, 0.15) is 0 Å². The maximum atomic E-state index is 13.7. The first-order chi connectivity index (χ1) is 15.6. The van der Waals surface area contributed by atoms with E-state index in [1.807, 2.05) is 0 Å². The molecule has 0 bridgehead atoms. The molecule has 11 heteroatoms. The molecule has 0 aromatic carbocycles. The van der Waals surface area contributed by atoms with Crippen LogP contribution in [0.5, 0.6) is 0 Å². The third-order valence-corrected chi connectivity index (χ3v) is 6.92. The molecule has 2 aromatic heterocycles. The fourth-order valence-electron chi connectivity index (χ4n) is 4.37. The number of carbonyl (C=O) groups is 2. The van der Waals surface area contributed by atoms with Crippen LogP contribution in [0.2, 0.25) is 0 Å². The number of piperidine rings is 1. The van der Waals surface area contributed by atoms with E-state index in [9.17, 15) is 22.8 Å². The predicted molar refractivity (Wildman–Crippen MR) is 117 cm³/mol. The first-order valence-corrected chi connectivity index (χ1v) is 11.8. The van der Waals surface area contributed by atoms with Crippen molar-refractivity contribution in [2.24, 2.45) is 11.7 Å². The molecule has 4 heterocycles. The number of hydrogen-bond acceptors (Lipinski definition) is 6. The molecule has 4 rings (SSSR count). The second-order valence-electron chi connectivity index (χ2n) is 8.77. The minimum absolute atomic E-state index is 0.0137. The summed E-state index contributed by atoms with van der Waals surface area (Å²) >= 11 is 1.26. The number of nitrogens with two attached hydrogens (primary N) is 1. The largest absolute Gasteiger partial charge is 0.433 e. The fourth-order valence-corrected chi connectivity index (χ4v) is 5.03. The summed E-state index contributed by atoms with van der Waals surface area (Å²) in [6, 6.07) is 2.85. The SMILES string of the molecule is CC1CCC(=O)N(C[C@@H](N)CC(=O)N2CCc3c(nc(-c4cccs4)nc3C(F)(F)F)C2)C1. The maximum absolute atomic E-state index is 13.7. The quantitative estimate of drug-likeness (QED) is 0.709. The van der Waals surface area contributed by atoms with Gasteiger partial charge in [0.2, 0.25) is 11.8 Å². The van der Waals surface area contributed by atoms with Crippen molar-refractivity contribution in [1.82, 2.24) is 19.8 Å². The third-order valence-electron chi connectivity index (χ3n) is 6.06. The van der Waals surface area contributed by atoms with Crippen molar-refractivity contribution >= 4 is 23.2 Å². The average molecular weight is 482 g/mol. The lowest BCUT2D eigenvalue weighted by Crippen LogP contribution is -2.48. The van der Waals surface area contributed by atoms with E-state index < -0.39 is 17.9 Å². The summed E-state index contributed by atoms with van der Waals surface area (Å²) in [6.07, 6.45) is -3.23. The lowest BCUT2D eigenvalue weighted by atomic mass is 9.98. The Hall–Kier alpha value is -2.53. The topological polar surface area (TPSA) is 92.4 Å². The highest BCUT2D eigenvalue weighted by Crippen LogP contribution is 2.36. The molecule has 1 fully saturated rings. The third kappa shape index (κ3) is 5.35. The molecule has 2 aliphatic heterocycles. The smallest absolute Gasteiger partial charge is 0.341 e. The highest BCUT2D eigenvalue weighted by molar-refractivity contribution is 7.13. The second-order valence-corrected chi connectivity index (χ2v) is 9.72. The molecule has 2 aliphatic rings. The highest BCUT2D eigenvalue weighted by Gasteiger charge is 2.39. The first-order valence-electron chi connectivity index (χ1n) is 10.9. The van der Waals surface area contributed by atoms with Crippen LogP contribution in [0.4, 0.5) is 13.2 Å². The zero-order chi connectivity index (χ0) is 23.8. The van der Waals surface area contributed by atoms with E-state index in [-0.39, 0.29) is 54.8 Å². The summed E-state index contributed by atoms with van der Waals surface area (Å²) in [5.41, 5.74) is 5.50. The van der Waals surface area contributed by atoms with Crippen molar-refractivity contribution in [1.29, 1.82) is 0 Å². The van der Waals surface area contributed by atoms with E-state index in [4.69, 9.17) is 5.73 Å². The number of hydrogen-bond donors (Lipinski definition) is 1. The lowest BCUT2D eigenvalue weighted by molar-refractivity contribution is -0.142. The van der Waals surface area contributed by atoms with Crippen molar-refractivity contribution in [2.45, 2.75) is 51.4 Å². The van der Waals surface area contributed by atoms with Crippen molar-refractivity contribution < 1.29 is 22.8 Å². The van der Waals surface area contributed by atoms with Gasteiger partial charge < -0.3 is 15.5 Å². The number of likely N-dealkylation sites (tertiary alicyclic amines) is 1. The number of halogens is 3. The van der Waals surface area contributed by atoms with Gasteiger partial charge in [-0.3, -0.25) is 9.59 Å². The molecular formula is C22H26F3N5O2S. The maximum Gasteiger partial charge on any atom is 0.433 e. The zero-order valence-corrected chi connectivity index (χ0v) is 19.1. The molecular weight excluding hydrogens is 455 g/mol. The van der Waals surface area contributed by atoms with Crippen LogP contribution in [0.15, 0.2) is 17.5 Å². The molecule has 1 saturated heterocycles. The summed E-state index contributed by atoms with van der Waals surface area (Å²) < 4.78 is 41.1. The number of aromatic nitrogens is 2. The Bertz CT molecular complexity index is 1030. The lowest BCUT2D eigenvalue weighted by Gasteiger charge is -2.34. The van der Waals surface area contributed by atoms with E-state index in [0.717, 1.165) is 6.42 Å². The number of alkyl halides is 3. The van der Waals surface area contributed by atoms with Crippen LogP contribution in [-0.2, 0) is 28.7 Å². The van der Waals surface area contributed by atoms with Gasteiger partial charge in [0.05, 0.1) is 17.1 Å². The Balaban J connectivity index is 1.48. The summed E-state index contributed by atoms with van der Waals surface area (Å²) in [6.45, 7) is 3.11. The fraction of sp³-hybridized carbons (Fsp3) is 0.545. The number of thiophene rings is 1. The molecule has 1 unspecified atom stereocenters. The van der Waals surface area contributed by atoms with E-state index in [1.165, 1.54) is 16.2 Å². The molecule has 2 N–H and O–H groups in total. The summed E-state index contributed by atoms with van der Waals surface area (Å²) in [4.78, 5) is 36.9. The van der Waals surface area contributed by atoms with Crippen LogP contribution >= 0.6 is 11.3 Å². The molecule has 0 saturated carbocycles. The van der Waals surface area contributed by atoms with Gasteiger partial charge in [0.25, 0.3) is 0 Å². The van der Waals surface area contributed by atoms with Crippen molar-refractivity contribution in [3.8, 4) is 10.7 Å². The van der Waals surface area contributed by atoms with Crippen LogP contribution in [0.1, 0.15) is 43.1 Å². The molecule has 0 aliphatic carbocycles. The van der Waals surface area contributed by atoms with Crippen LogP contribution in [-0.4, -0.2) is 57.3 Å². The number of rotatable bonds is 5. The van der Waals surface area contributed by atoms with Crippen molar-refractivity contribution in [3.63, 3.8) is 0 Å². The Labute approximate surface area is 193 Å². The minimum atomic E-state index is -4.61. The van der Waals surface area contributed by atoms with Crippen LogP contribution in [0.25, 0.3) is 10.7 Å². The summed E-state index contributed by atoms with van der Waals surface area (Å²) in [5.74, 6) is 0.194. The van der Waals surface area contributed by atoms with Crippen molar-refractivity contribution in [2.75, 3.05) is 19.6 Å². The standard InChI is InChI=1S/C22H26F3N5O2S/c1-13-4-5-18(31)30(10-13)11-14(26)9-19(32)29-7-6-15-16(12-29)27-21(17-3-2-8-33-17)28-20(15)22(23,24)25/h2-3,8,13-14H,4-7,9-12,26H2,1H3/t13?,14-/m0/s1.